The van der Waals surface area contributed by atoms with Gasteiger partial charge >= 0.3 is 6.09 Å². The van der Waals surface area contributed by atoms with Gasteiger partial charge < -0.3 is 15.2 Å². The molecule has 1 aromatic carbocycles. The Balaban J connectivity index is 2.32. The molecule has 1 heterocycles. The second kappa shape index (κ2) is 5.05. The summed E-state index contributed by atoms with van der Waals surface area (Å²) in [6.45, 7) is 1.81. The average molecular weight is 236 g/mol. The fourth-order valence-corrected chi connectivity index (χ4v) is 2.15. The number of carbonyl (C=O) groups is 1. The standard InChI is InChI=1S/C12H16N2O3/c1-17-11-5-3-2-4-9(11)10-8-13-6-7-14(10)12(15)16/h2-5,10,13H,6-8H2,1H3,(H,15,16). The van der Waals surface area contributed by atoms with Gasteiger partial charge in [0.25, 0.3) is 0 Å². The predicted octanol–water partition coefficient (Wildman–Crippen LogP) is 1.32. The van der Waals surface area contributed by atoms with E-state index in [1.54, 1.807) is 7.11 Å². The van der Waals surface area contributed by atoms with Gasteiger partial charge in [0.2, 0.25) is 0 Å². The predicted molar refractivity (Wildman–Crippen MR) is 63.3 cm³/mol. The number of methoxy groups -OCH3 is 1. The molecule has 1 fully saturated rings. The van der Waals surface area contributed by atoms with Crippen LogP contribution in [-0.4, -0.2) is 42.8 Å². The SMILES string of the molecule is COc1ccccc1C1CNCCN1C(=O)O. The number of para-hydroxylation sites is 1. The van der Waals surface area contributed by atoms with E-state index in [9.17, 15) is 9.90 Å². The van der Waals surface area contributed by atoms with Crippen LogP contribution in [0.3, 0.4) is 0 Å². The molecule has 1 saturated heterocycles. The first-order valence-corrected chi connectivity index (χ1v) is 5.57. The van der Waals surface area contributed by atoms with Gasteiger partial charge in [0.15, 0.2) is 0 Å². The molecule has 5 heteroatoms. The zero-order chi connectivity index (χ0) is 12.3. The summed E-state index contributed by atoms with van der Waals surface area (Å²) in [5, 5.41) is 12.4. The highest BCUT2D eigenvalue weighted by Gasteiger charge is 2.29. The molecule has 17 heavy (non-hydrogen) atoms. The van der Waals surface area contributed by atoms with Crippen molar-refractivity contribution in [2.75, 3.05) is 26.7 Å². The van der Waals surface area contributed by atoms with Crippen molar-refractivity contribution in [2.45, 2.75) is 6.04 Å². The Labute approximate surface area is 100.0 Å². The normalized spacial score (nSPS) is 20.1. The third-order valence-electron chi connectivity index (χ3n) is 2.99. The van der Waals surface area contributed by atoms with Gasteiger partial charge in [-0.25, -0.2) is 4.79 Å². The summed E-state index contributed by atoms with van der Waals surface area (Å²) in [6, 6.07) is 7.35. The summed E-state index contributed by atoms with van der Waals surface area (Å²) in [5.74, 6) is 0.729. The molecule has 1 aromatic rings. The van der Waals surface area contributed by atoms with Gasteiger partial charge in [0.05, 0.1) is 13.2 Å². The van der Waals surface area contributed by atoms with Crippen molar-refractivity contribution in [1.82, 2.24) is 10.2 Å². The molecule has 0 spiro atoms. The minimum absolute atomic E-state index is 0.183. The minimum atomic E-state index is -0.887. The lowest BCUT2D eigenvalue weighted by Crippen LogP contribution is -2.48. The fraction of sp³-hybridized carbons (Fsp3) is 0.417. The number of benzene rings is 1. The van der Waals surface area contributed by atoms with Crippen LogP contribution in [0.25, 0.3) is 0 Å². The van der Waals surface area contributed by atoms with Gasteiger partial charge in [0.1, 0.15) is 5.75 Å². The summed E-state index contributed by atoms with van der Waals surface area (Å²) in [4.78, 5) is 12.6. The maximum Gasteiger partial charge on any atom is 0.407 e. The summed E-state index contributed by atoms with van der Waals surface area (Å²) in [5.41, 5.74) is 0.907. The number of rotatable bonds is 2. The van der Waals surface area contributed by atoms with E-state index in [1.165, 1.54) is 4.90 Å². The molecule has 1 unspecified atom stereocenters. The number of nitrogens with one attached hydrogen (secondary N) is 1. The number of carboxylic acid groups (broad SMARTS) is 1. The van der Waals surface area contributed by atoms with Gasteiger partial charge in [-0.15, -0.1) is 0 Å². The number of nitrogens with zero attached hydrogens (tertiary/aromatic N) is 1. The molecule has 1 aliphatic heterocycles. The van der Waals surface area contributed by atoms with Gasteiger partial charge in [-0.1, -0.05) is 18.2 Å². The molecular formula is C12H16N2O3. The lowest BCUT2D eigenvalue weighted by molar-refractivity contribution is 0.111. The van der Waals surface area contributed by atoms with Crippen molar-refractivity contribution in [1.29, 1.82) is 0 Å². The number of amides is 1. The summed E-state index contributed by atoms with van der Waals surface area (Å²) < 4.78 is 5.28. The first-order valence-electron chi connectivity index (χ1n) is 5.57. The van der Waals surface area contributed by atoms with Crippen LogP contribution in [0.1, 0.15) is 11.6 Å². The van der Waals surface area contributed by atoms with E-state index in [-0.39, 0.29) is 6.04 Å². The van der Waals surface area contributed by atoms with Crippen LogP contribution in [0.5, 0.6) is 5.75 Å². The number of ether oxygens (including phenoxy) is 1. The minimum Gasteiger partial charge on any atom is -0.496 e. The van der Waals surface area contributed by atoms with Gasteiger partial charge in [-0.05, 0) is 6.07 Å². The quantitative estimate of drug-likeness (QED) is 0.813. The van der Waals surface area contributed by atoms with E-state index in [0.29, 0.717) is 19.6 Å². The second-order valence-corrected chi connectivity index (χ2v) is 3.94. The van der Waals surface area contributed by atoms with Crippen molar-refractivity contribution in [2.24, 2.45) is 0 Å². The Hall–Kier alpha value is -1.75. The molecule has 0 aliphatic carbocycles. The Bertz CT molecular complexity index is 408. The Morgan fingerprint density at radius 3 is 3.00 bits per heavy atom. The molecule has 1 amide bonds. The van der Waals surface area contributed by atoms with E-state index in [0.717, 1.165) is 11.3 Å². The van der Waals surface area contributed by atoms with Crippen LogP contribution >= 0.6 is 0 Å². The average Bonchev–Trinajstić information content (AvgIpc) is 2.38. The molecule has 0 saturated carbocycles. The maximum absolute atomic E-state index is 11.2. The third-order valence-corrected chi connectivity index (χ3v) is 2.99. The highest BCUT2D eigenvalue weighted by Crippen LogP contribution is 2.29. The molecule has 0 radical (unpaired) electrons. The molecular weight excluding hydrogens is 220 g/mol. The first kappa shape index (κ1) is 11.7. The number of hydrogen-bond acceptors (Lipinski definition) is 3. The summed E-state index contributed by atoms with van der Waals surface area (Å²) in [6.07, 6.45) is -0.887. The molecule has 1 atom stereocenters. The van der Waals surface area contributed by atoms with Crippen molar-refractivity contribution in [3.8, 4) is 5.75 Å². The van der Waals surface area contributed by atoms with Gasteiger partial charge in [0, 0.05) is 25.2 Å². The largest absolute Gasteiger partial charge is 0.496 e. The van der Waals surface area contributed by atoms with E-state index in [2.05, 4.69) is 5.32 Å². The van der Waals surface area contributed by atoms with E-state index < -0.39 is 6.09 Å². The monoisotopic (exact) mass is 236 g/mol. The molecule has 2 N–H and O–H groups in total. The van der Waals surface area contributed by atoms with Crippen LogP contribution in [0.2, 0.25) is 0 Å². The number of piperazine rings is 1. The number of hydrogen-bond donors (Lipinski definition) is 2. The fourth-order valence-electron chi connectivity index (χ4n) is 2.15. The van der Waals surface area contributed by atoms with Crippen LogP contribution in [0.4, 0.5) is 4.79 Å². The highest BCUT2D eigenvalue weighted by molar-refractivity contribution is 5.66. The molecule has 0 aromatic heterocycles. The van der Waals surface area contributed by atoms with Crippen molar-refractivity contribution in [3.05, 3.63) is 29.8 Å². The Kier molecular flexibility index (Phi) is 3.49. The maximum atomic E-state index is 11.2. The lowest BCUT2D eigenvalue weighted by Gasteiger charge is -2.34. The molecule has 2 rings (SSSR count). The highest BCUT2D eigenvalue weighted by atomic mass is 16.5. The van der Waals surface area contributed by atoms with E-state index in [4.69, 9.17) is 4.74 Å². The molecule has 5 nitrogen and oxygen atoms in total. The zero-order valence-corrected chi connectivity index (χ0v) is 9.72. The topological polar surface area (TPSA) is 61.8 Å². The van der Waals surface area contributed by atoms with Crippen molar-refractivity contribution < 1.29 is 14.6 Å². The van der Waals surface area contributed by atoms with Crippen molar-refractivity contribution in [3.63, 3.8) is 0 Å². The third kappa shape index (κ3) is 2.34. The Morgan fingerprint density at radius 2 is 2.29 bits per heavy atom. The van der Waals surface area contributed by atoms with Crippen LogP contribution in [0, 0.1) is 0 Å². The zero-order valence-electron chi connectivity index (χ0n) is 9.72. The smallest absolute Gasteiger partial charge is 0.407 e. The van der Waals surface area contributed by atoms with Crippen LogP contribution in [-0.2, 0) is 0 Å². The van der Waals surface area contributed by atoms with Gasteiger partial charge in [-0.2, -0.15) is 0 Å². The molecule has 1 aliphatic rings. The van der Waals surface area contributed by atoms with Crippen LogP contribution < -0.4 is 10.1 Å². The van der Waals surface area contributed by atoms with E-state index in [1.807, 2.05) is 24.3 Å². The Morgan fingerprint density at radius 1 is 1.53 bits per heavy atom. The molecule has 92 valence electrons. The molecule has 0 bridgehead atoms. The first-order chi connectivity index (χ1) is 8.24. The summed E-state index contributed by atoms with van der Waals surface area (Å²) >= 11 is 0. The lowest BCUT2D eigenvalue weighted by atomic mass is 10.0. The second-order valence-electron chi connectivity index (χ2n) is 3.94. The van der Waals surface area contributed by atoms with Crippen molar-refractivity contribution >= 4 is 6.09 Å². The summed E-state index contributed by atoms with van der Waals surface area (Å²) in [7, 11) is 1.60. The van der Waals surface area contributed by atoms with E-state index >= 15 is 0 Å². The van der Waals surface area contributed by atoms with Crippen LogP contribution in [0.15, 0.2) is 24.3 Å². The van der Waals surface area contributed by atoms with Gasteiger partial charge in [-0.3, -0.25) is 4.90 Å².